The number of carbonyl (C=O) groups excluding carboxylic acids is 1. The molecule has 0 aliphatic carbocycles. The first-order valence-corrected chi connectivity index (χ1v) is 7.44. The van der Waals surface area contributed by atoms with Crippen LogP contribution in [0.2, 0.25) is 0 Å². The molecule has 4 heteroatoms. The molecule has 0 radical (unpaired) electrons. The third-order valence-electron chi connectivity index (χ3n) is 3.46. The largest absolute Gasteiger partial charge is 0.276 e. The van der Waals surface area contributed by atoms with Gasteiger partial charge in [-0.1, -0.05) is 48.8 Å². The highest BCUT2D eigenvalue weighted by Crippen LogP contribution is 2.30. The van der Waals surface area contributed by atoms with Gasteiger partial charge in [-0.2, -0.15) is 0 Å². The van der Waals surface area contributed by atoms with Crippen LogP contribution in [0.1, 0.15) is 31.1 Å². The highest BCUT2D eigenvalue weighted by Gasteiger charge is 2.32. The number of nitrogens with zero attached hydrogens (tertiary/aromatic N) is 2. The lowest BCUT2D eigenvalue weighted by atomic mass is 9.76. The first kappa shape index (κ1) is 15.0. The molecule has 1 heterocycles. The zero-order valence-electron chi connectivity index (χ0n) is 12.0. The van der Waals surface area contributed by atoms with E-state index >= 15 is 0 Å². The van der Waals surface area contributed by atoms with Gasteiger partial charge in [0.05, 0.1) is 0 Å². The smallest absolute Gasteiger partial charge is 0.235 e. The van der Waals surface area contributed by atoms with Gasteiger partial charge in [-0.25, -0.2) is 4.98 Å². The van der Waals surface area contributed by atoms with Gasteiger partial charge in [0.1, 0.15) is 6.33 Å². The predicted molar refractivity (Wildman–Crippen MR) is 83.6 cm³/mol. The maximum atomic E-state index is 12.6. The van der Waals surface area contributed by atoms with Crippen molar-refractivity contribution in [1.82, 2.24) is 9.55 Å². The molecule has 0 spiro atoms. The summed E-state index contributed by atoms with van der Waals surface area (Å²) in [4.78, 5) is 16.6. The molecule has 1 aromatic carbocycles. The van der Waals surface area contributed by atoms with Crippen molar-refractivity contribution in [1.29, 1.82) is 0 Å². The van der Waals surface area contributed by atoms with Crippen LogP contribution >= 0.6 is 15.9 Å². The number of hydrogen-bond acceptors (Lipinski definition) is 2. The molecular weight excluding hydrogens is 316 g/mol. The van der Waals surface area contributed by atoms with Crippen molar-refractivity contribution >= 4 is 21.8 Å². The molecule has 106 valence electrons. The second-order valence-corrected chi connectivity index (χ2v) is 6.97. The van der Waals surface area contributed by atoms with Crippen LogP contribution in [0.3, 0.4) is 0 Å². The molecule has 0 amide bonds. The van der Waals surface area contributed by atoms with Crippen molar-refractivity contribution in [2.45, 2.75) is 27.2 Å². The van der Waals surface area contributed by atoms with Crippen LogP contribution in [0.4, 0.5) is 0 Å². The van der Waals surface area contributed by atoms with Crippen molar-refractivity contribution in [3.05, 3.63) is 53.0 Å². The average molecular weight is 335 g/mol. The fraction of sp³-hybridized carbons (Fsp3) is 0.375. The zero-order chi connectivity index (χ0) is 14.8. The predicted octanol–water partition coefficient (Wildman–Crippen LogP) is 4.19. The Hall–Kier alpha value is -1.42. The maximum absolute atomic E-state index is 12.6. The number of aromatic nitrogens is 2. The van der Waals surface area contributed by atoms with Crippen LogP contribution in [0, 0.1) is 11.3 Å². The van der Waals surface area contributed by atoms with Crippen LogP contribution < -0.4 is 0 Å². The molecule has 0 saturated heterocycles. The van der Waals surface area contributed by atoms with Crippen molar-refractivity contribution < 1.29 is 4.79 Å². The molecule has 3 nitrogen and oxygen atoms in total. The van der Waals surface area contributed by atoms with Crippen molar-refractivity contribution in [2.75, 3.05) is 0 Å². The van der Waals surface area contributed by atoms with E-state index in [4.69, 9.17) is 0 Å². The normalized spacial score (nSPS) is 13.2. The molecule has 0 saturated carbocycles. The molecule has 20 heavy (non-hydrogen) atoms. The highest BCUT2D eigenvalue weighted by atomic mass is 79.9. The van der Waals surface area contributed by atoms with Crippen LogP contribution in [0.15, 0.2) is 47.5 Å². The van der Waals surface area contributed by atoms with Gasteiger partial charge in [-0.15, -0.1) is 0 Å². The number of imidazole rings is 1. The van der Waals surface area contributed by atoms with Gasteiger partial charge in [-0.3, -0.25) is 9.36 Å². The second kappa shape index (κ2) is 5.92. The molecule has 1 unspecified atom stereocenters. The number of hydrogen-bond donors (Lipinski definition) is 0. The monoisotopic (exact) mass is 334 g/mol. The quantitative estimate of drug-likeness (QED) is 0.843. The Kier molecular flexibility index (Phi) is 4.43. The molecular formula is C16H19BrN2O. The molecule has 0 N–H and O–H groups in total. The molecule has 2 rings (SSSR count). The lowest BCUT2D eigenvalue weighted by Crippen LogP contribution is -2.33. The lowest BCUT2D eigenvalue weighted by molar-refractivity contribution is 0.0724. The number of carbonyl (C=O) groups is 1. The Morgan fingerprint density at radius 1 is 1.30 bits per heavy atom. The zero-order valence-corrected chi connectivity index (χ0v) is 13.6. The Labute approximate surface area is 128 Å². The summed E-state index contributed by atoms with van der Waals surface area (Å²) in [6.07, 6.45) is 5.65. The Balaban J connectivity index is 2.25. The molecule has 0 fully saturated rings. The van der Waals surface area contributed by atoms with Crippen molar-refractivity contribution in [3.8, 4) is 0 Å². The van der Waals surface area contributed by atoms with Gasteiger partial charge in [0, 0.05) is 22.8 Å². The first-order chi connectivity index (χ1) is 9.38. The van der Waals surface area contributed by atoms with Crippen LogP contribution in [-0.2, 0) is 6.42 Å². The van der Waals surface area contributed by atoms with Crippen LogP contribution in [-0.4, -0.2) is 15.5 Å². The van der Waals surface area contributed by atoms with Crippen molar-refractivity contribution in [3.63, 3.8) is 0 Å². The second-order valence-electron chi connectivity index (χ2n) is 6.06. The van der Waals surface area contributed by atoms with E-state index in [1.807, 2.05) is 12.1 Å². The summed E-state index contributed by atoms with van der Waals surface area (Å²) in [5.41, 5.74) is 1.07. The van der Waals surface area contributed by atoms with E-state index in [1.165, 1.54) is 5.56 Å². The minimum Gasteiger partial charge on any atom is -0.276 e. The fourth-order valence-electron chi connectivity index (χ4n) is 2.19. The maximum Gasteiger partial charge on any atom is 0.235 e. The molecule has 2 aromatic rings. The Morgan fingerprint density at radius 2 is 1.95 bits per heavy atom. The summed E-state index contributed by atoms with van der Waals surface area (Å²) in [7, 11) is 0. The van der Waals surface area contributed by atoms with Gasteiger partial charge >= 0.3 is 0 Å². The molecule has 1 atom stereocenters. The average Bonchev–Trinajstić information content (AvgIpc) is 2.89. The van der Waals surface area contributed by atoms with E-state index in [2.05, 4.69) is 53.8 Å². The van der Waals surface area contributed by atoms with Gasteiger partial charge in [0.2, 0.25) is 5.91 Å². The first-order valence-electron chi connectivity index (χ1n) is 6.64. The summed E-state index contributed by atoms with van der Waals surface area (Å²) in [6.45, 7) is 6.31. The topological polar surface area (TPSA) is 34.9 Å². The number of rotatable bonds is 3. The van der Waals surface area contributed by atoms with Gasteiger partial charge in [-0.05, 0) is 29.5 Å². The summed E-state index contributed by atoms with van der Waals surface area (Å²) >= 11 is 3.43. The van der Waals surface area contributed by atoms with Crippen LogP contribution in [0.25, 0.3) is 0 Å². The third-order valence-corrected chi connectivity index (χ3v) is 3.98. The minimum absolute atomic E-state index is 0.0853. The van der Waals surface area contributed by atoms with E-state index in [0.717, 1.165) is 10.9 Å². The summed E-state index contributed by atoms with van der Waals surface area (Å²) in [5, 5.41) is 0. The Morgan fingerprint density at radius 3 is 2.45 bits per heavy atom. The van der Waals surface area contributed by atoms with E-state index in [1.54, 1.807) is 23.3 Å². The van der Waals surface area contributed by atoms with E-state index in [9.17, 15) is 4.79 Å². The van der Waals surface area contributed by atoms with Crippen LogP contribution in [0.5, 0.6) is 0 Å². The molecule has 0 aliphatic heterocycles. The SMILES string of the molecule is CC(C)(C)C(Cc1ccc(Br)cc1)C(=O)n1ccnc1. The minimum atomic E-state index is -0.103. The Bertz CT molecular complexity index is 568. The lowest BCUT2D eigenvalue weighted by Gasteiger charge is -2.29. The molecule has 1 aromatic heterocycles. The highest BCUT2D eigenvalue weighted by molar-refractivity contribution is 9.10. The van der Waals surface area contributed by atoms with E-state index in [0.29, 0.717) is 0 Å². The van der Waals surface area contributed by atoms with E-state index < -0.39 is 0 Å². The summed E-state index contributed by atoms with van der Waals surface area (Å²) < 4.78 is 2.63. The molecule has 0 aliphatic rings. The van der Waals surface area contributed by atoms with E-state index in [-0.39, 0.29) is 17.2 Å². The third kappa shape index (κ3) is 3.57. The fourth-order valence-corrected chi connectivity index (χ4v) is 2.45. The standard InChI is InChI=1S/C16H19BrN2O/c1-16(2,3)14(15(20)19-9-8-18-11-19)10-12-4-6-13(17)7-5-12/h4-9,11,14H,10H2,1-3H3. The van der Waals surface area contributed by atoms with Gasteiger partial charge in [0.15, 0.2) is 0 Å². The summed E-state index contributed by atoms with van der Waals surface area (Å²) in [5.74, 6) is 0.00999. The number of benzene rings is 1. The molecule has 0 bridgehead atoms. The van der Waals surface area contributed by atoms with Crippen molar-refractivity contribution in [2.24, 2.45) is 11.3 Å². The number of halogens is 1. The van der Waals surface area contributed by atoms with Gasteiger partial charge in [0.25, 0.3) is 0 Å². The summed E-state index contributed by atoms with van der Waals surface area (Å²) in [6, 6.07) is 8.14. The van der Waals surface area contributed by atoms with Gasteiger partial charge < -0.3 is 0 Å².